The molecule has 2 aromatic rings. The number of carbonyl (C=O) groups excluding carboxylic acids is 2. The number of aryl methyl sites for hydroxylation is 1. The molecule has 22 heteroatoms. The Balaban J connectivity index is 1.25. The van der Waals surface area contributed by atoms with Crippen LogP contribution in [0, 0.1) is 17.8 Å². The number of aromatic carboxylic acids is 1. The molecule has 6 N–H and O–H groups in total. The highest BCUT2D eigenvalue weighted by Gasteiger charge is 2.53. The molecule has 3 saturated heterocycles. The molecule has 5 rings (SSSR count). The van der Waals surface area contributed by atoms with Gasteiger partial charge in [0.1, 0.15) is 29.5 Å². The van der Waals surface area contributed by atoms with Crippen LogP contribution in [0.4, 0.5) is 0 Å². The maximum Gasteiger partial charge on any atom is 0.341 e. The second-order valence-corrected chi connectivity index (χ2v) is 24.1. The van der Waals surface area contributed by atoms with Gasteiger partial charge in [-0.15, -0.1) is 0 Å². The van der Waals surface area contributed by atoms with E-state index >= 15 is 0 Å². The molecular weight excluding hydrogens is 1050 g/mol. The largest absolute Gasteiger partial charge is 0.477 e. The lowest BCUT2D eigenvalue weighted by molar-refractivity contribution is -0.311. The quantitative estimate of drug-likeness (QED) is 0.0724. The molecule has 0 unspecified atom stereocenters. The minimum atomic E-state index is -1.86. The number of pyridine rings is 1. The van der Waals surface area contributed by atoms with Gasteiger partial charge in [0.25, 0.3) is 0 Å². The van der Waals surface area contributed by atoms with Crippen molar-refractivity contribution in [1.29, 1.82) is 0 Å². The molecule has 0 bridgehead atoms. The molecule has 0 saturated carbocycles. The number of nitrogens with zero attached hydrogens (tertiary/aromatic N) is 3. The summed E-state index contributed by atoms with van der Waals surface area (Å²) in [5.41, 5.74) is -3.88. The molecule has 81 heavy (non-hydrogen) atoms. The van der Waals surface area contributed by atoms with Crippen molar-refractivity contribution in [2.45, 2.75) is 211 Å². The minimum absolute atomic E-state index is 0.0339. The number of nitrogens with one attached hydrogen (secondary N) is 1. The van der Waals surface area contributed by atoms with Crippen LogP contribution >= 0.6 is 0 Å². The molecule has 3 fully saturated rings. The fraction of sp³-hybridized carbons (Fsp3) is 0.797. The van der Waals surface area contributed by atoms with E-state index in [1.54, 1.807) is 52.4 Å². The number of amides is 1. The van der Waals surface area contributed by atoms with Gasteiger partial charge in [0, 0.05) is 76.3 Å². The third-order valence-corrected chi connectivity index (χ3v) is 17.1. The molecule has 0 spiro atoms. The van der Waals surface area contributed by atoms with Crippen LogP contribution < -0.4 is 10.7 Å². The summed E-state index contributed by atoms with van der Waals surface area (Å²) in [5, 5.41) is 61.2. The Kier molecular flexibility index (Phi) is 25.1. The number of likely N-dealkylation sites (N-methyl/N-ethyl adjacent to an activating group) is 2. The zero-order valence-corrected chi connectivity index (χ0v) is 50.8. The van der Waals surface area contributed by atoms with Gasteiger partial charge in [-0.1, -0.05) is 26.8 Å². The number of cyclic esters (lactones) is 1. The van der Waals surface area contributed by atoms with Crippen LogP contribution in [-0.2, 0) is 65.2 Å². The van der Waals surface area contributed by atoms with Crippen LogP contribution in [0.1, 0.15) is 124 Å². The minimum Gasteiger partial charge on any atom is -0.477 e. The topological polar surface area (TPSA) is 276 Å². The number of rotatable bonds is 22. The Hall–Kier alpha value is -3.72. The predicted octanol–water partition coefficient (Wildman–Crippen LogP) is 3.74. The molecule has 462 valence electrons. The number of hydrogen-bond donors (Lipinski definition) is 6. The highest BCUT2D eigenvalue weighted by atomic mass is 16.7. The average Bonchev–Trinajstić information content (AvgIpc) is 3.42. The van der Waals surface area contributed by atoms with Gasteiger partial charge in [-0.3, -0.25) is 14.4 Å². The zero-order valence-electron chi connectivity index (χ0n) is 50.8. The van der Waals surface area contributed by atoms with Gasteiger partial charge >= 0.3 is 11.9 Å². The molecule has 4 heterocycles. The van der Waals surface area contributed by atoms with Gasteiger partial charge < -0.3 is 87.8 Å². The van der Waals surface area contributed by atoms with Crippen LogP contribution in [0.25, 0.3) is 10.9 Å². The van der Waals surface area contributed by atoms with Crippen molar-refractivity contribution in [3.63, 3.8) is 0 Å². The monoisotopic (exact) mass is 1150 g/mol. The van der Waals surface area contributed by atoms with Crippen LogP contribution in [0.5, 0.6) is 0 Å². The first-order chi connectivity index (χ1) is 38.0. The Bertz CT molecular complexity index is 2400. The fourth-order valence-corrected chi connectivity index (χ4v) is 12.3. The first-order valence-corrected chi connectivity index (χ1v) is 28.9. The fourth-order valence-electron chi connectivity index (χ4n) is 12.3. The van der Waals surface area contributed by atoms with E-state index in [0.29, 0.717) is 56.5 Å². The number of aliphatic hydroxyl groups is 4. The summed E-state index contributed by atoms with van der Waals surface area (Å²) in [4.78, 5) is 56.8. The maximum atomic E-state index is 14.6. The second-order valence-electron chi connectivity index (χ2n) is 24.1. The SMILES string of the molecule is CC[C@H]1OC(=O)[C@H](C)[C@@H](O[C@H]2C[C@@](C)(OC)[C@H](NC(=O)CCOCCOCCCc3ccc4c(c3)c(=O)c(C(=O)O)cn4CCOC)[C@H](C)O2)[C@H](C)[C@@H](O[C@@H]2O[C@H](C)C[C@H](N(C)C)[C@H]2O)[C@](C)(O)C[C@@H](C)CN(C)[C@H](C)[C@@H](O)[C@]1(C)O. The number of carboxylic acid groups (broad SMARTS) is 1. The van der Waals surface area contributed by atoms with E-state index in [4.69, 9.17) is 42.6 Å². The number of ether oxygens (including phenoxy) is 9. The molecule has 3 aliphatic rings. The van der Waals surface area contributed by atoms with Gasteiger partial charge in [-0.05, 0) is 125 Å². The predicted molar refractivity (Wildman–Crippen MR) is 302 cm³/mol. The lowest BCUT2D eigenvalue weighted by atomic mass is 9.77. The molecule has 22 nitrogen and oxygen atoms in total. The number of esters is 1. The second kappa shape index (κ2) is 29.9. The Morgan fingerprint density at radius 1 is 0.914 bits per heavy atom. The molecule has 0 radical (unpaired) electrons. The summed E-state index contributed by atoms with van der Waals surface area (Å²) in [6, 6.07) is 3.90. The van der Waals surface area contributed by atoms with Gasteiger partial charge in [0.15, 0.2) is 12.6 Å². The van der Waals surface area contributed by atoms with Crippen molar-refractivity contribution in [2.24, 2.45) is 17.8 Å². The number of fused-ring (bicyclic) bond motifs is 1. The summed E-state index contributed by atoms with van der Waals surface area (Å²) < 4.78 is 57.3. The molecule has 1 aromatic carbocycles. The van der Waals surface area contributed by atoms with Gasteiger partial charge in [-0.25, -0.2) is 4.79 Å². The van der Waals surface area contributed by atoms with Crippen molar-refractivity contribution in [1.82, 2.24) is 19.7 Å². The number of benzene rings is 1. The Morgan fingerprint density at radius 2 is 1.59 bits per heavy atom. The number of carboxylic acids is 1. The first-order valence-electron chi connectivity index (χ1n) is 28.9. The van der Waals surface area contributed by atoms with E-state index < -0.39 is 107 Å². The van der Waals surface area contributed by atoms with E-state index in [1.165, 1.54) is 20.2 Å². The first kappa shape index (κ1) is 68.1. The van der Waals surface area contributed by atoms with Crippen molar-refractivity contribution in [3.05, 3.63) is 45.7 Å². The zero-order chi connectivity index (χ0) is 60.3. The summed E-state index contributed by atoms with van der Waals surface area (Å²) in [6.07, 6.45) is -5.35. The molecule has 3 aliphatic heterocycles. The number of methoxy groups -OCH3 is 2. The van der Waals surface area contributed by atoms with Gasteiger partial charge in [-0.2, -0.15) is 0 Å². The van der Waals surface area contributed by atoms with E-state index in [2.05, 4.69) is 5.32 Å². The summed E-state index contributed by atoms with van der Waals surface area (Å²) in [5.74, 6) is -4.43. The number of aromatic nitrogens is 1. The third-order valence-electron chi connectivity index (χ3n) is 17.1. The van der Waals surface area contributed by atoms with Gasteiger partial charge in [0.05, 0.1) is 79.5 Å². The standard InChI is InChI=1S/C59H98N4O18/c1-16-45-59(10,72)52(67)38(6)62(13)32-34(2)30-57(8,71)53(81-56-49(66)44(61(11)12)28-35(3)77-56)36(4)50(37(5)55(70)79-45)80-47-31-58(9,74-15)51(39(7)78-47)60-46(64)21-24-76-27-26-75-23-17-18-40-19-20-43-41(29-40)48(65)42(54(68)69)33-63(43)22-25-73-14/h19-20,29,33-39,44-45,47,49-53,56,66-67,71-72H,16-18,21-28,30-32H2,1-15H3,(H,60,64)(H,68,69)/t34-,35-,36+,37-,38-,39+,44+,45-,47+,49-,50+,51-,52-,53-,56+,57-,58-,59-/m1/s1. The lowest BCUT2D eigenvalue weighted by Gasteiger charge is -2.49. The molecular formula is C59H98N4O18. The van der Waals surface area contributed by atoms with Crippen molar-refractivity contribution in [3.8, 4) is 0 Å². The van der Waals surface area contributed by atoms with Crippen LogP contribution in [0.3, 0.4) is 0 Å². The highest BCUT2D eigenvalue weighted by molar-refractivity contribution is 5.92. The lowest BCUT2D eigenvalue weighted by Crippen LogP contribution is -2.64. The Labute approximate surface area is 478 Å². The summed E-state index contributed by atoms with van der Waals surface area (Å²) >= 11 is 0. The van der Waals surface area contributed by atoms with Crippen LogP contribution in [0.2, 0.25) is 0 Å². The van der Waals surface area contributed by atoms with E-state index in [1.807, 2.05) is 70.8 Å². The summed E-state index contributed by atoms with van der Waals surface area (Å²) in [6.45, 7) is 19.9. The van der Waals surface area contributed by atoms with Crippen LogP contribution in [0.15, 0.2) is 29.2 Å². The number of aliphatic hydroxyl groups excluding tert-OH is 2. The van der Waals surface area contributed by atoms with E-state index in [0.717, 1.165) is 5.56 Å². The van der Waals surface area contributed by atoms with E-state index in [9.17, 15) is 44.7 Å². The van der Waals surface area contributed by atoms with Crippen LogP contribution in [-0.4, -0.2) is 223 Å². The summed E-state index contributed by atoms with van der Waals surface area (Å²) in [7, 11) is 8.66. The van der Waals surface area contributed by atoms with Crippen molar-refractivity contribution >= 4 is 28.7 Å². The Morgan fingerprint density at radius 3 is 2.22 bits per heavy atom. The normalized spacial score (nSPS) is 36.0. The third kappa shape index (κ3) is 17.2. The molecule has 18 atom stereocenters. The average molecular weight is 1150 g/mol. The molecule has 1 amide bonds. The highest BCUT2D eigenvalue weighted by Crippen LogP contribution is 2.40. The number of carbonyl (C=O) groups is 3. The maximum absolute atomic E-state index is 14.6. The number of hydrogen-bond acceptors (Lipinski definition) is 19. The van der Waals surface area contributed by atoms with Crippen molar-refractivity contribution < 1.29 is 82.5 Å². The molecule has 1 aromatic heterocycles. The van der Waals surface area contributed by atoms with E-state index in [-0.39, 0.29) is 75.0 Å². The van der Waals surface area contributed by atoms with Gasteiger partial charge in [0.2, 0.25) is 11.3 Å². The smallest absolute Gasteiger partial charge is 0.341 e. The molecule has 0 aliphatic carbocycles. The van der Waals surface area contributed by atoms with Crippen molar-refractivity contribution in [2.75, 3.05) is 74.9 Å².